The van der Waals surface area contributed by atoms with Crippen LogP contribution in [0.5, 0.6) is 11.5 Å². The predicted octanol–water partition coefficient (Wildman–Crippen LogP) is 3.44. The maximum absolute atomic E-state index is 13.0. The number of carbonyl (C=O) groups is 3. The topological polar surface area (TPSA) is 84.9 Å². The van der Waals surface area contributed by atoms with Crippen molar-refractivity contribution in [2.45, 2.75) is 6.92 Å². The van der Waals surface area contributed by atoms with Crippen LogP contribution in [0.3, 0.4) is 0 Å². The normalized spacial score (nSPS) is 15.6. The van der Waals surface area contributed by atoms with Gasteiger partial charge >= 0.3 is 6.03 Å². The standard InChI is InChI=1S/C20H17BrN2O5/c1-11-7-16(27-2)17(28-3)9-12(11)8-15-18(24)22-20(26)23(19(15)25)14-6-4-5-13(21)10-14/h4-10H,1-3H3,(H,22,24,26). The minimum Gasteiger partial charge on any atom is -0.493 e. The number of rotatable bonds is 4. The van der Waals surface area contributed by atoms with Crippen LogP contribution in [0.2, 0.25) is 0 Å². The number of hydrogen-bond acceptors (Lipinski definition) is 5. The predicted molar refractivity (Wildman–Crippen MR) is 107 cm³/mol. The molecular formula is C20H17BrN2O5. The number of imide groups is 2. The fourth-order valence-corrected chi connectivity index (χ4v) is 3.20. The number of carbonyl (C=O) groups excluding carboxylic acids is 3. The van der Waals surface area contributed by atoms with E-state index >= 15 is 0 Å². The number of aryl methyl sites for hydroxylation is 1. The minimum atomic E-state index is -0.797. The van der Waals surface area contributed by atoms with Gasteiger partial charge in [-0.15, -0.1) is 0 Å². The van der Waals surface area contributed by atoms with E-state index in [-0.39, 0.29) is 5.57 Å². The molecule has 2 aromatic carbocycles. The van der Waals surface area contributed by atoms with Gasteiger partial charge in [-0.1, -0.05) is 22.0 Å². The maximum Gasteiger partial charge on any atom is 0.335 e. The molecule has 0 radical (unpaired) electrons. The van der Waals surface area contributed by atoms with Crippen molar-refractivity contribution >= 4 is 45.5 Å². The molecule has 0 aliphatic carbocycles. The van der Waals surface area contributed by atoms with Crippen molar-refractivity contribution in [3.8, 4) is 11.5 Å². The Morgan fingerprint density at radius 2 is 1.71 bits per heavy atom. The molecule has 3 rings (SSSR count). The van der Waals surface area contributed by atoms with Crippen molar-refractivity contribution in [2.24, 2.45) is 0 Å². The summed E-state index contributed by atoms with van der Waals surface area (Å²) in [7, 11) is 3.02. The van der Waals surface area contributed by atoms with Crippen LogP contribution in [-0.4, -0.2) is 32.1 Å². The fourth-order valence-electron chi connectivity index (χ4n) is 2.81. The monoisotopic (exact) mass is 444 g/mol. The van der Waals surface area contributed by atoms with Gasteiger partial charge in [-0.2, -0.15) is 0 Å². The summed E-state index contributed by atoms with van der Waals surface area (Å²) >= 11 is 3.31. The van der Waals surface area contributed by atoms with Crippen LogP contribution in [0.15, 0.2) is 46.4 Å². The first-order valence-corrected chi connectivity index (χ1v) is 9.04. The summed E-state index contributed by atoms with van der Waals surface area (Å²) in [5.41, 5.74) is 1.56. The van der Waals surface area contributed by atoms with E-state index in [9.17, 15) is 14.4 Å². The van der Waals surface area contributed by atoms with E-state index in [0.29, 0.717) is 27.2 Å². The highest BCUT2D eigenvalue weighted by Gasteiger charge is 2.37. The van der Waals surface area contributed by atoms with Crippen molar-refractivity contribution in [3.05, 3.63) is 57.6 Å². The van der Waals surface area contributed by atoms with E-state index < -0.39 is 17.8 Å². The van der Waals surface area contributed by atoms with Crippen LogP contribution in [-0.2, 0) is 9.59 Å². The Kier molecular flexibility index (Phi) is 5.51. The van der Waals surface area contributed by atoms with Gasteiger partial charge in [-0.05, 0) is 54.5 Å². The summed E-state index contributed by atoms with van der Waals surface area (Å²) < 4.78 is 11.2. The number of barbiturate groups is 1. The first kappa shape index (κ1) is 19.6. The summed E-state index contributed by atoms with van der Waals surface area (Å²) in [5.74, 6) is -0.465. The number of nitrogens with zero attached hydrogens (tertiary/aromatic N) is 1. The zero-order chi connectivity index (χ0) is 20.4. The second kappa shape index (κ2) is 7.85. The number of benzene rings is 2. The fraction of sp³-hybridized carbons (Fsp3) is 0.150. The molecule has 8 heteroatoms. The quantitative estimate of drug-likeness (QED) is 0.576. The Morgan fingerprint density at radius 1 is 1.04 bits per heavy atom. The first-order valence-electron chi connectivity index (χ1n) is 8.25. The maximum atomic E-state index is 13.0. The molecule has 2 aromatic rings. The molecule has 1 heterocycles. The summed E-state index contributed by atoms with van der Waals surface area (Å²) in [4.78, 5) is 38.5. The lowest BCUT2D eigenvalue weighted by molar-refractivity contribution is -0.122. The third kappa shape index (κ3) is 3.63. The molecule has 1 N–H and O–H groups in total. The number of anilines is 1. The van der Waals surface area contributed by atoms with E-state index in [1.807, 2.05) is 6.92 Å². The van der Waals surface area contributed by atoms with Crippen LogP contribution >= 0.6 is 15.9 Å². The molecule has 1 aliphatic rings. The van der Waals surface area contributed by atoms with Gasteiger partial charge in [0.1, 0.15) is 5.57 Å². The van der Waals surface area contributed by atoms with Crippen molar-refractivity contribution in [1.29, 1.82) is 0 Å². The van der Waals surface area contributed by atoms with Crippen LogP contribution in [0, 0.1) is 6.92 Å². The molecule has 7 nitrogen and oxygen atoms in total. The molecule has 28 heavy (non-hydrogen) atoms. The van der Waals surface area contributed by atoms with Gasteiger partial charge in [0.05, 0.1) is 19.9 Å². The number of hydrogen-bond donors (Lipinski definition) is 1. The lowest BCUT2D eigenvalue weighted by atomic mass is 10.0. The third-order valence-corrected chi connectivity index (χ3v) is 4.73. The van der Waals surface area contributed by atoms with Crippen LogP contribution < -0.4 is 19.7 Å². The number of methoxy groups -OCH3 is 2. The van der Waals surface area contributed by atoms with Gasteiger partial charge in [0, 0.05) is 4.47 Å². The van der Waals surface area contributed by atoms with Crippen molar-refractivity contribution < 1.29 is 23.9 Å². The zero-order valence-corrected chi connectivity index (χ0v) is 17.0. The van der Waals surface area contributed by atoms with E-state index in [1.54, 1.807) is 36.4 Å². The Hall–Kier alpha value is -3.13. The SMILES string of the molecule is COc1cc(C)c(C=C2C(=O)NC(=O)N(c3cccc(Br)c3)C2=O)cc1OC. The number of urea groups is 1. The van der Waals surface area contributed by atoms with Crippen LogP contribution in [0.4, 0.5) is 10.5 Å². The van der Waals surface area contributed by atoms with Crippen LogP contribution in [0.1, 0.15) is 11.1 Å². The number of ether oxygens (including phenoxy) is 2. The molecule has 0 bridgehead atoms. The average Bonchev–Trinajstić information content (AvgIpc) is 2.65. The first-order chi connectivity index (χ1) is 13.3. The number of halogens is 1. The molecule has 144 valence electrons. The van der Waals surface area contributed by atoms with Gasteiger partial charge < -0.3 is 9.47 Å². The largest absolute Gasteiger partial charge is 0.493 e. The lowest BCUT2D eigenvalue weighted by Gasteiger charge is -2.26. The van der Waals surface area contributed by atoms with Gasteiger partial charge in [0.25, 0.3) is 11.8 Å². The van der Waals surface area contributed by atoms with E-state index in [2.05, 4.69) is 21.2 Å². The minimum absolute atomic E-state index is 0.158. The lowest BCUT2D eigenvalue weighted by Crippen LogP contribution is -2.54. The molecule has 0 saturated carbocycles. The van der Waals surface area contributed by atoms with Crippen molar-refractivity contribution in [3.63, 3.8) is 0 Å². The van der Waals surface area contributed by atoms with E-state index in [0.717, 1.165) is 10.5 Å². The third-order valence-electron chi connectivity index (χ3n) is 4.24. The molecule has 0 aromatic heterocycles. The Morgan fingerprint density at radius 3 is 2.36 bits per heavy atom. The molecule has 1 saturated heterocycles. The molecular weight excluding hydrogens is 428 g/mol. The Bertz CT molecular complexity index is 1020. The van der Waals surface area contributed by atoms with Gasteiger partial charge in [-0.25, -0.2) is 9.69 Å². The van der Waals surface area contributed by atoms with Gasteiger partial charge in [-0.3, -0.25) is 14.9 Å². The Labute approximate surface area is 170 Å². The summed E-state index contributed by atoms with van der Waals surface area (Å²) in [5, 5.41) is 2.21. The zero-order valence-electron chi connectivity index (χ0n) is 15.4. The molecule has 0 unspecified atom stereocenters. The number of amides is 4. The highest BCUT2D eigenvalue weighted by molar-refractivity contribution is 9.10. The molecule has 0 spiro atoms. The van der Waals surface area contributed by atoms with Gasteiger partial charge in [0.15, 0.2) is 11.5 Å². The number of nitrogens with one attached hydrogen (secondary N) is 1. The van der Waals surface area contributed by atoms with E-state index in [4.69, 9.17) is 9.47 Å². The summed E-state index contributed by atoms with van der Waals surface area (Å²) in [6, 6.07) is 9.30. The highest BCUT2D eigenvalue weighted by Crippen LogP contribution is 2.32. The van der Waals surface area contributed by atoms with Gasteiger partial charge in [0.2, 0.25) is 0 Å². The smallest absolute Gasteiger partial charge is 0.335 e. The summed E-state index contributed by atoms with van der Waals surface area (Å²) in [6.07, 6.45) is 1.44. The van der Waals surface area contributed by atoms with Crippen LogP contribution in [0.25, 0.3) is 6.08 Å². The molecule has 4 amide bonds. The summed E-state index contributed by atoms with van der Waals surface area (Å²) in [6.45, 7) is 1.82. The second-order valence-corrected chi connectivity index (χ2v) is 6.92. The highest BCUT2D eigenvalue weighted by atomic mass is 79.9. The van der Waals surface area contributed by atoms with Crippen molar-refractivity contribution in [2.75, 3.05) is 19.1 Å². The molecule has 0 atom stereocenters. The molecule has 1 fully saturated rings. The molecule has 1 aliphatic heterocycles. The second-order valence-electron chi connectivity index (χ2n) is 6.00. The average molecular weight is 445 g/mol. The van der Waals surface area contributed by atoms with Crippen molar-refractivity contribution in [1.82, 2.24) is 5.32 Å². The Balaban J connectivity index is 2.07. The van der Waals surface area contributed by atoms with E-state index in [1.165, 1.54) is 20.3 Å².